The van der Waals surface area contributed by atoms with Crippen molar-refractivity contribution in [2.24, 2.45) is 5.92 Å². The van der Waals surface area contributed by atoms with Gasteiger partial charge in [0.05, 0.1) is 7.11 Å². The minimum atomic E-state index is -0.335. The van der Waals surface area contributed by atoms with Gasteiger partial charge in [-0.1, -0.05) is 31.0 Å². The summed E-state index contributed by atoms with van der Waals surface area (Å²) in [4.78, 5) is 33.5. The summed E-state index contributed by atoms with van der Waals surface area (Å²) in [5.41, 5.74) is 1.83. The molecule has 0 spiro atoms. The zero-order valence-corrected chi connectivity index (χ0v) is 19.4. The lowest BCUT2D eigenvalue weighted by molar-refractivity contribution is -0.136. The van der Waals surface area contributed by atoms with Crippen molar-refractivity contribution in [3.8, 4) is 5.75 Å². The van der Waals surface area contributed by atoms with E-state index >= 15 is 0 Å². The first kappa shape index (κ1) is 21.8. The maximum Gasteiger partial charge on any atom is 0.254 e. The van der Waals surface area contributed by atoms with E-state index in [2.05, 4.69) is 17.0 Å². The van der Waals surface area contributed by atoms with Gasteiger partial charge in [-0.15, -0.1) is 0 Å². The molecule has 0 bridgehead atoms. The molecule has 6 heteroatoms. The summed E-state index contributed by atoms with van der Waals surface area (Å²) < 4.78 is 5.26. The topological polar surface area (TPSA) is 53.1 Å². The van der Waals surface area contributed by atoms with Crippen molar-refractivity contribution in [3.63, 3.8) is 0 Å². The highest BCUT2D eigenvalue weighted by Crippen LogP contribution is 2.41. The molecule has 3 unspecified atom stereocenters. The molecule has 0 aromatic heterocycles. The first-order valence-corrected chi connectivity index (χ1v) is 12.2. The van der Waals surface area contributed by atoms with Crippen LogP contribution in [0.2, 0.25) is 0 Å². The Labute approximate surface area is 196 Å². The van der Waals surface area contributed by atoms with Gasteiger partial charge in [0.15, 0.2) is 0 Å². The van der Waals surface area contributed by atoms with Crippen LogP contribution in [0.3, 0.4) is 0 Å². The Morgan fingerprint density at radius 3 is 2.27 bits per heavy atom. The summed E-state index contributed by atoms with van der Waals surface area (Å²) in [6, 6.07) is 17.4. The van der Waals surface area contributed by atoms with Crippen LogP contribution < -0.4 is 9.64 Å². The van der Waals surface area contributed by atoms with Crippen LogP contribution in [0.4, 0.5) is 5.69 Å². The zero-order chi connectivity index (χ0) is 22.8. The van der Waals surface area contributed by atoms with Crippen molar-refractivity contribution in [2.75, 3.05) is 38.2 Å². The van der Waals surface area contributed by atoms with Gasteiger partial charge in [-0.05, 0) is 61.6 Å². The molecule has 3 atom stereocenters. The number of amides is 2. The molecule has 0 radical (unpaired) electrons. The number of rotatable bonds is 4. The average molecular weight is 448 g/mol. The zero-order valence-electron chi connectivity index (χ0n) is 19.4. The van der Waals surface area contributed by atoms with Gasteiger partial charge in [0.2, 0.25) is 5.91 Å². The number of nitrogens with zero attached hydrogens (tertiary/aromatic N) is 3. The predicted molar refractivity (Wildman–Crippen MR) is 129 cm³/mol. The van der Waals surface area contributed by atoms with E-state index in [0.29, 0.717) is 24.6 Å². The molecule has 33 heavy (non-hydrogen) atoms. The molecule has 3 fully saturated rings. The van der Waals surface area contributed by atoms with Crippen LogP contribution in [0.25, 0.3) is 0 Å². The van der Waals surface area contributed by atoms with Crippen LogP contribution in [0.5, 0.6) is 5.75 Å². The van der Waals surface area contributed by atoms with Crippen molar-refractivity contribution < 1.29 is 14.3 Å². The fraction of sp³-hybridized carbons (Fsp3) is 0.481. The molecule has 1 saturated carbocycles. The van der Waals surface area contributed by atoms with E-state index < -0.39 is 0 Å². The quantitative estimate of drug-likeness (QED) is 0.715. The van der Waals surface area contributed by atoms with Gasteiger partial charge in [-0.3, -0.25) is 9.59 Å². The van der Waals surface area contributed by atoms with E-state index in [9.17, 15) is 9.59 Å². The number of likely N-dealkylation sites (tertiary alicyclic amines) is 1. The third-order valence-electron chi connectivity index (χ3n) is 7.66. The molecule has 1 aliphatic carbocycles. The van der Waals surface area contributed by atoms with Crippen LogP contribution in [-0.2, 0) is 4.79 Å². The Balaban J connectivity index is 1.29. The molecular weight excluding hydrogens is 414 g/mol. The van der Waals surface area contributed by atoms with Gasteiger partial charge < -0.3 is 19.4 Å². The van der Waals surface area contributed by atoms with Gasteiger partial charge in [0.1, 0.15) is 11.8 Å². The van der Waals surface area contributed by atoms with Gasteiger partial charge in [0, 0.05) is 43.5 Å². The number of piperazine rings is 1. The summed E-state index contributed by atoms with van der Waals surface area (Å²) in [6.45, 7) is 2.96. The van der Waals surface area contributed by atoms with Crippen LogP contribution >= 0.6 is 0 Å². The maximum absolute atomic E-state index is 13.7. The highest BCUT2D eigenvalue weighted by atomic mass is 16.5. The number of benzene rings is 2. The van der Waals surface area contributed by atoms with Crippen molar-refractivity contribution >= 4 is 17.5 Å². The molecule has 0 N–H and O–H groups in total. The molecular formula is C27H33N3O3. The Kier molecular flexibility index (Phi) is 6.25. The number of anilines is 1. The highest BCUT2D eigenvalue weighted by molar-refractivity contribution is 5.98. The molecule has 2 aromatic rings. The minimum absolute atomic E-state index is 0.0141. The van der Waals surface area contributed by atoms with Gasteiger partial charge in [-0.25, -0.2) is 0 Å². The lowest BCUT2D eigenvalue weighted by atomic mass is 9.84. The fourth-order valence-electron chi connectivity index (χ4n) is 5.89. The molecule has 5 rings (SSSR count). The minimum Gasteiger partial charge on any atom is -0.497 e. The summed E-state index contributed by atoms with van der Waals surface area (Å²) in [5, 5.41) is 0. The third-order valence-corrected chi connectivity index (χ3v) is 7.66. The summed E-state index contributed by atoms with van der Waals surface area (Å²) in [7, 11) is 1.67. The summed E-state index contributed by atoms with van der Waals surface area (Å²) >= 11 is 0. The van der Waals surface area contributed by atoms with Crippen LogP contribution in [0.1, 0.15) is 42.5 Å². The predicted octanol–water partition coefficient (Wildman–Crippen LogP) is 3.82. The van der Waals surface area contributed by atoms with Crippen LogP contribution in [0, 0.1) is 5.92 Å². The van der Waals surface area contributed by atoms with Gasteiger partial charge in [-0.2, -0.15) is 0 Å². The monoisotopic (exact) mass is 447 g/mol. The van der Waals surface area contributed by atoms with Crippen molar-refractivity contribution in [2.45, 2.75) is 44.2 Å². The summed E-state index contributed by atoms with van der Waals surface area (Å²) in [5.74, 6) is 1.43. The van der Waals surface area contributed by atoms with E-state index in [-0.39, 0.29) is 23.9 Å². The number of ether oxygens (including phenoxy) is 1. The second-order valence-corrected chi connectivity index (χ2v) is 9.45. The molecule has 2 heterocycles. The van der Waals surface area contributed by atoms with E-state index in [1.165, 1.54) is 6.42 Å². The van der Waals surface area contributed by atoms with Crippen molar-refractivity contribution in [3.05, 3.63) is 60.2 Å². The Morgan fingerprint density at radius 2 is 1.58 bits per heavy atom. The average Bonchev–Trinajstić information content (AvgIpc) is 3.28. The fourth-order valence-corrected chi connectivity index (χ4v) is 5.89. The first-order valence-electron chi connectivity index (χ1n) is 12.2. The summed E-state index contributed by atoms with van der Waals surface area (Å²) in [6.07, 6.45) is 5.29. The lowest BCUT2D eigenvalue weighted by Gasteiger charge is -2.39. The maximum atomic E-state index is 13.7. The van der Waals surface area contributed by atoms with Gasteiger partial charge in [0.25, 0.3) is 5.91 Å². The van der Waals surface area contributed by atoms with E-state index in [1.807, 2.05) is 52.3 Å². The molecule has 2 amide bonds. The van der Waals surface area contributed by atoms with Crippen molar-refractivity contribution in [1.29, 1.82) is 0 Å². The molecule has 3 aliphatic rings. The molecule has 2 aliphatic heterocycles. The van der Waals surface area contributed by atoms with E-state index in [1.54, 1.807) is 7.11 Å². The molecule has 2 saturated heterocycles. The Bertz CT molecular complexity index is 970. The number of fused-ring (bicyclic) bond motifs is 1. The SMILES string of the molecule is COc1ccc(N2CCN(C(=O)C3CC4CCCCC4N3C(=O)c3ccccc3)CC2)cc1. The standard InChI is InChI=1S/C27H33N3O3/c1-33-23-13-11-22(12-14-23)28-15-17-29(18-16-28)27(32)25-19-21-9-5-6-10-24(21)30(25)26(31)20-7-3-2-4-8-20/h2-4,7-8,11-14,21,24-25H,5-6,9-10,15-19H2,1H3. The van der Waals surface area contributed by atoms with Crippen LogP contribution in [0.15, 0.2) is 54.6 Å². The Morgan fingerprint density at radius 1 is 0.879 bits per heavy atom. The Hall–Kier alpha value is -3.02. The van der Waals surface area contributed by atoms with Crippen LogP contribution in [-0.4, -0.2) is 67.0 Å². The largest absolute Gasteiger partial charge is 0.497 e. The number of hydrogen-bond donors (Lipinski definition) is 0. The van der Waals surface area contributed by atoms with Crippen molar-refractivity contribution in [1.82, 2.24) is 9.80 Å². The number of hydrogen-bond acceptors (Lipinski definition) is 4. The van der Waals surface area contributed by atoms with E-state index in [0.717, 1.165) is 50.2 Å². The normalized spacial score (nSPS) is 25.0. The second-order valence-electron chi connectivity index (χ2n) is 9.45. The number of carbonyl (C=O) groups is 2. The molecule has 6 nitrogen and oxygen atoms in total. The number of carbonyl (C=O) groups excluding carboxylic acids is 2. The third kappa shape index (κ3) is 4.31. The number of methoxy groups -OCH3 is 1. The second kappa shape index (κ2) is 9.46. The lowest BCUT2D eigenvalue weighted by Crippen LogP contribution is -2.55. The highest BCUT2D eigenvalue weighted by Gasteiger charge is 2.48. The molecule has 174 valence electrons. The first-order chi connectivity index (χ1) is 16.2. The van der Waals surface area contributed by atoms with E-state index in [4.69, 9.17) is 4.74 Å². The smallest absolute Gasteiger partial charge is 0.254 e. The van der Waals surface area contributed by atoms with Gasteiger partial charge >= 0.3 is 0 Å². The molecule has 2 aromatic carbocycles.